The fourth-order valence-corrected chi connectivity index (χ4v) is 0. The monoisotopic (exact) mass is 269 g/mol. The minimum Gasteiger partial charge on any atom is -2.00 e. The van der Waals surface area contributed by atoms with Crippen molar-refractivity contribution in [2.45, 2.75) is 0 Å². The summed E-state index contributed by atoms with van der Waals surface area (Å²) in [6, 6.07) is 0. The summed E-state index contributed by atoms with van der Waals surface area (Å²) in [5.74, 6) is 0. The third-order valence-corrected chi connectivity index (χ3v) is 0. The predicted molar refractivity (Wildman–Crippen MR) is 8.73 cm³/mol. The molecule has 0 aromatic heterocycles. The summed E-state index contributed by atoms with van der Waals surface area (Å²) >= 11 is 0. The zero-order chi connectivity index (χ0) is 0. The molecule has 4 N–H and O–H groups in total. The van der Waals surface area contributed by atoms with E-state index in [2.05, 4.69) is 0 Å². The van der Waals surface area contributed by atoms with E-state index in [4.69, 9.17) is 0 Å². The Morgan fingerprint density at radius 1 is 0.500 bits per heavy atom. The standard InChI is InChI=1S/H3N.4O.Re/h1H3;;;;;/q;4*-2;+7/p+1. The summed E-state index contributed by atoms with van der Waals surface area (Å²) < 4.78 is 0. The van der Waals surface area contributed by atoms with Crippen molar-refractivity contribution in [1.82, 2.24) is 6.15 Å². The molecule has 0 fully saturated rings. The van der Waals surface area contributed by atoms with Crippen LogP contribution in [0.1, 0.15) is 0 Å². The molecule has 0 saturated heterocycles. The van der Waals surface area contributed by atoms with Crippen LogP contribution in [0.5, 0.6) is 0 Å². The van der Waals surface area contributed by atoms with Crippen LogP contribution in [-0.2, 0) is 42.3 Å². The second-order valence-corrected chi connectivity index (χ2v) is 0. The quantitative estimate of drug-likeness (QED) is 0.624. The molecule has 0 aromatic carbocycles. The van der Waals surface area contributed by atoms with Gasteiger partial charge in [0.15, 0.2) is 0 Å². The molecular weight excluding hydrogens is 264 g/mol. The number of rotatable bonds is 0. The van der Waals surface area contributed by atoms with Gasteiger partial charge in [-0.25, -0.2) is 0 Å². The summed E-state index contributed by atoms with van der Waals surface area (Å²) in [4.78, 5) is 0. The van der Waals surface area contributed by atoms with Gasteiger partial charge in [0.25, 0.3) is 0 Å². The first kappa shape index (κ1) is 902. The van der Waals surface area contributed by atoms with Crippen LogP contribution in [0.4, 0.5) is 0 Å². The molecule has 0 unspecified atom stereocenters. The fraction of sp³-hybridized carbons (Fsp3) is 0. The molecule has 40 valence electrons. The Kier molecular flexibility index (Phi) is 76500. The van der Waals surface area contributed by atoms with Crippen LogP contribution in [0, 0.1) is 0 Å². The number of hydrogen-bond acceptors (Lipinski definition) is 0. The molecule has 0 rings (SSSR count). The molecule has 0 amide bonds. The van der Waals surface area contributed by atoms with Crippen LogP contribution in [-0.4, -0.2) is 0 Å². The first-order chi connectivity index (χ1) is 0. The van der Waals surface area contributed by atoms with Gasteiger partial charge in [0.2, 0.25) is 0 Å². The van der Waals surface area contributed by atoms with Crippen molar-refractivity contribution in [3.63, 3.8) is 0 Å². The van der Waals surface area contributed by atoms with E-state index in [1.807, 2.05) is 0 Å². The smallest absolute Gasteiger partial charge is 2.00 e. The molecule has 0 aliphatic heterocycles. The van der Waals surface area contributed by atoms with Gasteiger partial charge in [-0.15, -0.1) is 0 Å². The van der Waals surface area contributed by atoms with Crippen LogP contribution in [0.3, 0.4) is 0 Å². The SMILES string of the molecule is [NH4+].[O-2].[O-2].[O-2].[O-2].[Re+7]. The Bertz CT molecular complexity index is 7.51. The summed E-state index contributed by atoms with van der Waals surface area (Å²) in [5, 5.41) is 0. The normalized spacial score (nSPS) is 0. The Labute approximate surface area is 49.2 Å². The van der Waals surface area contributed by atoms with Crippen molar-refractivity contribution < 1.29 is 42.3 Å². The molecule has 6 heteroatoms. The molecule has 0 bridgehead atoms. The zero-order valence-corrected chi connectivity index (χ0v) is 5.73. The minimum absolute atomic E-state index is 0. The molecule has 0 radical (unpaired) electrons. The molecule has 0 saturated carbocycles. The summed E-state index contributed by atoms with van der Waals surface area (Å²) in [6.45, 7) is 0. The van der Waals surface area contributed by atoms with Gasteiger partial charge in [0.1, 0.15) is 0 Å². The van der Waals surface area contributed by atoms with E-state index in [1.165, 1.54) is 0 Å². The van der Waals surface area contributed by atoms with Gasteiger partial charge >= 0.3 is 20.4 Å². The molecule has 5 nitrogen and oxygen atoms in total. The van der Waals surface area contributed by atoms with Gasteiger partial charge in [0, 0.05) is 0 Å². The molecule has 0 aromatic rings. The first-order valence-electron chi connectivity index (χ1n) is 0. The fourth-order valence-electron chi connectivity index (χ4n) is 0. The Morgan fingerprint density at radius 3 is 0.500 bits per heavy atom. The van der Waals surface area contributed by atoms with E-state index in [0.29, 0.717) is 0 Å². The molecule has 0 aliphatic carbocycles. The van der Waals surface area contributed by atoms with E-state index < -0.39 is 0 Å². The van der Waals surface area contributed by atoms with Crippen LogP contribution in [0.2, 0.25) is 0 Å². The van der Waals surface area contributed by atoms with Crippen LogP contribution in [0.25, 0.3) is 0 Å². The Balaban J connectivity index is 0. The molecule has 6 heavy (non-hydrogen) atoms. The molecule has 0 heterocycles. The third kappa shape index (κ3) is 250. The second kappa shape index (κ2) is 509. The van der Waals surface area contributed by atoms with E-state index in [0.717, 1.165) is 0 Å². The maximum atomic E-state index is 0. The molecular formula is H4NO4Re. The van der Waals surface area contributed by atoms with Crippen molar-refractivity contribution in [2.75, 3.05) is 0 Å². The Hall–Kier alpha value is 0.462. The maximum absolute atomic E-state index is 0. The molecule has 0 atom stereocenters. The second-order valence-electron chi connectivity index (χ2n) is 0. The third-order valence-electron chi connectivity index (χ3n) is 0. The first-order valence-corrected chi connectivity index (χ1v) is 0. The average molecular weight is 268 g/mol. The summed E-state index contributed by atoms with van der Waals surface area (Å²) in [5.41, 5.74) is 0. The van der Waals surface area contributed by atoms with Gasteiger partial charge < -0.3 is 28.1 Å². The van der Waals surface area contributed by atoms with Gasteiger partial charge in [0.05, 0.1) is 0 Å². The average Bonchev–Trinajstić information content (AvgIpc) is 0. The van der Waals surface area contributed by atoms with E-state index in [1.54, 1.807) is 0 Å². The summed E-state index contributed by atoms with van der Waals surface area (Å²) in [6.07, 6.45) is 0. The molecule has 0 spiro atoms. The van der Waals surface area contributed by atoms with E-state index >= 15 is 0 Å². The summed E-state index contributed by atoms with van der Waals surface area (Å²) in [7, 11) is 0. The minimum atomic E-state index is 0. The van der Waals surface area contributed by atoms with Crippen LogP contribution in [0.15, 0.2) is 0 Å². The van der Waals surface area contributed by atoms with Gasteiger partial charge in [-0.05, 0) is 0 Å². The van der Waals surface area contributed by atoms with E-state index in [-0.39, 0.29) is 48.5 Å². The number of quaternary nitrogens is 1. The van der Waals surface area contributed by atoms with Crippen molar-refractivity contribution in [2.24, 2.45) is 0 Å². The topological polar surface area (TPSA) is 150 Å². The van der Waals surface area contributed by atoms with Crippen molar-refractivity contribution >= 4 is 0 Å². The molecule has 0 aliphatic rings. The van der Waals surface area contributed by atoms with Gasteiger partial charge in [-0.3, -0.25) is 0 Å². The van der Waals surface area contributed by atoms with Crippen LogP contribution >= 0.6 is 0 Å². The van der Waals surface area contributed by atoms with Crippen LogP contribution < -0.4 is 6.15 Å². The van der Waals surface area contributed by atoms with Crippen molar-refractivity contribution in [3.8, 4) is 0 Å². The van der Waals surface area contributed by atoms with Crippen molar-refractivity contribution in [3.05, 3.63) is 0 Å². The number of hydrogen-bond donors (Lipinski definition) is 1. The van der Waals surface area contributed by atoms with Crippen molar-refractivity contribution in [1.29, 1.82) is 0 Å². The largest absolute Gasteiger partial charge is 7.00 e. The van der Waals surface area contributed by atoms with Gasteiger partial charge in [-0.1, -0.05) is 0 Å². The zero-order valence-electron chi connectivity index (χ0n) is 3.01. The Morgan fingerprint density at radius 2 is 0.500 bits per heavy atom. The van der Waals surface area contributed by atoms with Gasteiger partial charge in [-0.2, -0.15) is 0 Å². The predicted octanol–water partition coefficient (Wildman–Crippen LogP) is -0.102. The maximum Gasteiger partial charge on any atom is 7.00 e. The van der Waals surface area contributed by atoms with E-state index in [9.17, 15) is 0 Å².